The lowest BCUT2D eigenvalue weighted by molar-refractivity contribution is 0.580. The largest absolute Gasteiger partial charge is 0.327 e. The SMILES string of the molecule is NCC=C(Cl)Cc1cc(F)cc(F)c1. The lowest BCUT2D eigenvalue weighted by atomic mass is 10.1. The molecule has 0 aliphatic rings. The molecule has 0 aliphatic carbocycles. The van der Waals surface area contributed by atoms with Gasteiger partial charge in [-0.2, -0.15) is 0 Å². The van der Waals surface area contributed by atoms with Gasteiger partial charge in [-0.05, 0) is 17.7 Å². The summed E-state index contributed by atoms with van der Waals surface area (Å²) in [5.74, 6) is -1.20. The molecule has 0 spiro atoms. The Labute approximate surface area is 86.2 Å². The second-order valence-electron chi connectivity index (χ2n) is 2.84. The van der Waals surface area contributed by atoms with Gasteiger partial charge in [0.05, 0.1) is 0 Å². The van der Waals surface area contributed by atoms with Crippen molar-refractivity contribution in [1.82, 2.24) is 0 Å². The van der Waals surface area contributed by atoms with Gasteiger partial charge in [-0.3, -0.25) is 0 Å². The van der Waals surface area contributed by atoms with Crippen LogP contribution in [-0.4, -0.2) is 6.54 Å². The first-order chi connectivity index (χ1) is 6.61. The van der Waals surface area contributed by atoms with E-state index in [9.17, 15) is 8.78 Å². The summed E-state index contributed by atoms with van der Waals surface area (Å²) in [4.78, 5) is 0. The zero-order valence-corrected chi connectivity index (χ0v) is 8.19. The Kier molecular flexibility index (Phi) is 4.04. The van der Waals surface area contributed by atoms with Gasteiger partial charge in [0.15, 0.2) is 0 Å². The minimum Gasteiger partial charge on any atom is -0.327 e. The highest BCUT2D eigenvalue weighted by Crippen LogP contribution is 2.14. The molecule has 0 bridgehead atoms. The first-order valence-corrected chi connectivity index (χ1v) is 4.49. The average molecular weight is 218 g/mol. The van der Waals surface area contributed by atoms with Crippen LogP contribution in [0.4, 0.5) is 8.78 Å². The standard InChI is InChI=1S/C10H10ClF2N/c11-8(1-2-14)3-7-4-9(12)6-10(13)5-7/h1,4-6H,2-3,14H2. The maximum atomic E-state index is 12.7. The number of hydrogen-bond donors (Lipinski definition) is 1. The van der Waals surface area contributed by atoms with Crippen molar-refractivity contribution in [1.29, 1.82) is 0 Å². The molecule has 0 amide bonds. The lowest BCUT2D eigenvalue weighted by Crippen LogP contribution is -1.96. The number of allylic oxidation sites excluding steroid dienone is 1. The van der Waals surface area contributed by atoms with Crippen LogP contribution in [-0.2, 0) is 6.42 Å². The van der Waals surface area contributed by atoms with Crippen LogP contribution in [0.15, 0.2) is 29.3 Å². The molecule has 0 heterocycles. The predicted molar refractivity (Wildman–Crippen MR) is 53.1 cm³/mol. The van der Waals surface area contributed by atoms with Gasteiger partial charge in [0.2, 0.25) is 0 Å². The van der Waals surface area contributed by atoms with Crippen molar-refractivity contribution in [2.45, 2.75) is 6.42 Å². The van der Waals surface area contributed by atoms with Gasteiger partial charge >= 0.3 is 0 Å². The summed E-state index contributed by atoms with van der Waals surface area (Å²) in [5.41, 5.74) is 5.73. The summed E-state index contributed by atoms with van der Waals surface area (Å²) in [6, 6.07) is 3.32. The van der Waals surface area contributed by atoms with Crippen LogP contribution in [0.5, 0.6) is 0 Å². The van der Waals surface area contributed by atoms with Gasteiger partial charge in [-0.15, -0.1) is 0 Å². The smallest absolute Gasteiger partial charge is 0.126 e. The fourth-order valence-corrected chi connectivity index (χ4v) is 1.35. The Morgan fingerprint density at radius 3 is 2.36 bits per heavy atom. The van der Waals surface area contributed by atoms with Gasteiger partial charge < -0.3 is 5.73 Å². The molecule has 2 N–H and O–H groups in total. The summed E-state index contributed by atoms with van der Waals surface area (Å²) >= 11 is 5.76. The molecule has 1 rings (SSSR count). The van der Waals surface area contributed by atoms with Crippen LogP contribution in [0.2, 0.25) is 0 Å². The quantitative estimate of drug-likeness (QED) is 0.828. The van der Waals surface area contributed by atoms with Gasteiger partial charge in [0.1, 0.15) is 11.6 Å². The molecule has 0 radical (unpaired) electrons. The van der Waals surface area contributed by atoms with Crippen LogP contribution >= 0.6 is 11.6 Å². The van der Waals surface area contributed by atoms with Gasteiger partial charge in [0.25, 0.3) is 0 Å². The molecule has 0 aliphatic heterocycles. The molecule has 0 saturated heterocycles. The Morgan fingerprint density at radius 2 is 1.86 bits per heavy atom. The van der Waals surface area contributed by atoms with E-state index in [0.29, 0.717) is 23.6 Å². The third-order valence-electron chi connectivity index (χ3n) is 1.63. The summed E-state index contributed by atoms with van der Waals surface area (Å²) in [5, 5.41) is 0.484. The van der Waals surface area contributed by atoms with Crippen LogP contribution in [0.1, 0.15) is 5.56 Å². The van der Waals surface area contributed by atoms with E-state index in [2.05, 4.69) is 0 Å². The summed E-state index contributed by atoms with van der Waals surface area (Å²) in [6.45, 7) is 0.316. The fraction of sp³-hybridized carbons (Fsp3) is 0.200. The van der Waals surface area contributed by atoms with Crippen molar-refractivity contribution in [2.75, 3.05) is 6.54 Å². The van der Waals surface area contributed by atoms with Gasteiger partial charge in [-0.1, -0.05) is 17.7 Å². The molecule has 0 atom stereocenters. The summed E-state index contributed by atoms with van der Waals surface area (Å²) in [6.07, 6.45) is 1.90. The highest BCUT2D eigenvalue weighted by atomic mass is 35.5. The first-order valence-electron chi connectivity index (χ1n) is 4.11. The molecule has 0 unspecified atom stereocenters. The molecular weight excluding hydrogens is 208 g/mol. The summed E-state index contributed by atoms with van der Waals surface area (Å²) < 4.78 is 25.5. The van der Waals surface area contributed by atoms with E-state index in [1.165, 1.54) is 12.1 Å². The van der Waals surface area contributed by atoms with Crippen LogP contribution in [0.25, 0.3) is 0 Å². The van der Waals surface area contributed by atoms with E-state index in [1.54, 1.807) is 6.08 Å². The number of rotatable bonds is 3. The lowest BCUT2D eigenvalue weighted by Gasteiger charge is -2.00. The second-order valence-corrected chi connectivity index (χ2v) is 3.33. The molecule has 14 heavy (non-hydrogen) atoms. The van der Waals surface area contributed by atoms with Crippen molar-refractivity contribution >= 4 is 11.6 Å². The Hall–Kier alpha value is -0.930. The van der Waals surface area contributed by atoms with Gasteiger partial charge in [0, 0.05) is 24.1 Å². The highest BCUT2D eigenvalue weighted by molar-refractivity contribution is 6.29. The van der Waals surface area contributed by atoms with Crippen molar-refractivity contribution in [2.24, 2.45) is 5.73 Å². The van der Waals surface area contributed by atoms with E-state index in [4.69, 9.17) is 17.3 Å². The van der Waals surface area contributed by atoms with Crippen LogP contribution < -0.4 is 5.73 Å². The van der Waals surface area contributed by atoms with Crippen molar-refractivity contribution in [3.8, 4) is 0 Å². The number of hydrogen-bond acceptors (Lipinski definition) is 1. The zero-order chi connectivity index (χ0) is 10.6. The molecule has 1 aromatic rings. The Balaban J connectivity index is 2.81. The van der Waals surface area contributed by atoms with E-state index < -0.39 is 11.6 Å². The maximum Gasteiger partial charge on any atom is 0.126 e. The van der Waals surface area contributed by atoms with Crippen LogP contribution in [0, 0.1) is 11.6 Å². The fourth-order valence-electron chi connectivity index (χ4n) is 1.11. The molecule has 0 saturated carbocycles. The molecular formula is C10H10ClF2N. The monoisotopic (exact) mass is 217 g/mol. The molecule has 4 heteroatoms. The van der Waals surface area contributed by atoms with Crippen LogP contribution in [0.3, 0.4) is 0 Å². The number of benzene rings is 1. The third-order valence-corrected chi connectivity index (χ3v) is 1.92. The van der Waals surface area contributed by atoms with Gasteiger partial charge in [-0.25, -0.2) is 8.78 Å². The van der Waals surface area contributed by atoms with Crippen molar-refractivity contribution < 1.29 is 8.78 Å². The molecule has 1 aromatic carbocycles. The van der Waals surface area contributed by atoms with E-state index in [0.717, 1.165) is 6.07 Å². The normalized spacial score (nSPS) is 11.9. The van der Waals surface area contributed by atoms with Crippen molar-refractivity contribution in [3.63, 3.8) is 0 Å². The molecule has 0 aromatic heterocycles. The number of nitrogens with two attached hydrogens (primary N) is 1. The van der Waals surface area contributed by atoms with E-state index in [1.807, 2.05) is 0 Å². The molecule has 76 valence electrons. The number of halogens is 3. The third kappa shape index (κ3) is 3.44. The maximum absolute atomic E-state index is 12.7. The predicted octanol–water partition coefficient (Wildman–Crippen LogP) is 2.59. The minimum atomic E-state index is -0.600. The summed E-state index contributed by atoms with van der Waals surface area (Å²) in [7, 11) is 0. The zero-order valence-electron chi connectivity index (χ0n) is 7.43. The molecule has 0 fully saturated rings. The minimum absolute atomic E-state index is 0.299. The Bertz CT molecular complexity index is 330. The van der Waals surface area contributed by atoms with E-state index in [-0.39, 0.29) is 0 Å². The first kappa shape index (κ1) is 11.1. The average Bonchev–Trinajstić information content (AvgIpc) is 2.01. The van der Waals surface area contributed by atoms with Crippen molar-refractivity contribution in [3.05, 3.63) is 46.5 Å². The molecule has 1 nitrogen and oxygen atoms in total. The van der Waals surface area contributed by atoms with E-state index >= 15 is 0 Å². The Morgan fingerprint density at radius 1 is 1.29 bits per heavy atom. The second kappa shape index (κ2) is 5.08. The topological polar surface area (TPSA) is 26.0 Å². The highest BCUT2D eigenvalue weighted by Gasteiger charge is 2.01.